The van der Waals surface area contributed by atoms with E-state index in [1.165, 1.54) is 19.4 Å². The van der Waals surface area contributed by atoms with Crippen LogP contribution < -0.4 is 10.6 Å². The van der Waals surface area contributed by atoms with Crippen molar-refractivity contribution >= 4 is 77.0 Å². The zero-order chi connectivity index (χ0) is 26.8. The normalized spacial score (nSPS) is 15.3. The highest BCUT2D eigenvalue weighted by Crippen LogP contribution is 2.31. The van der Waals surface area contributed by atoms with E-state index in [2.05, 4.69) is 31.6 Å². The number of hydrogen-bond acceptors (Lipinski definition) is 5. The van der Waals surface area contributed by atoms with Gasteiger partial charge in [0, 0.05) is 62.5 Å². The largest absolute Gasteiger partial charge is 0.354 e. The van der Waals surface area contributed by atoms with Crippen LogP contribution in [-0.4, -0.2) is 71.3 Å². The summed E-state index contributed by atoms with van der Waals surface area (Å²) >= 11 is 6.46. The average molecular weight is 652 g/mol. The molecule has 3 aromatic carbocycles. The molecule has 0 atom stereocenters. The van der Waals surface area contributed by atoms with E-state index in [-0.39, 0.29) is 43.1 Å². The standard InChI is InChI=1S/C31H35ClN6O.3ClH/c1-22-4-2-7-28(30(22)32)35-26-10-11-29-25(18-26)20-34-38(29)27-6-3-5-24(19-27)31(39)33-12-13-36-14-16-37(17-15-36)21-23-8-9-23;;;/h2-7,10-11,18-20,23,35H,8-9,12-17,21H2,1H3,(H,33,39);3*1H. The van der Waals surface area contributed by atoms with Crippen LogP contribution in [0, 0.1) is 12.8 Å². The molecule has 2 fully saturated rings. The summed E-state index contributed by atoms with van der Waals surface area (Å²) in [6.07, 6.45) is 4.66. The molecule has 7 nitrogen and oxygen atoms in total. The lowest BCUT2D eigenvalue weighted by atomic mass is 10.1. The summed E-state index contributed by atoms with van der Waals surface area (Å²) in [5.41, 5.74) is 5.30. The zero-order valence-corrected chi connectivity index (χ0v) is 26.8. The van der Waals surface area contributed by atoms with Gasteiger partial charge in [0.25, 0.3) is 5.91 Å². The first-order chi connectivity index (χ1) is 19.0. The van der Waals surface area contributed by atoms with Crippen LogP contribution in [0.25, 0.3) is 16.6 Å². The van der Waals surface area contributed by atoms with Gasteiger partial charge in [0.05, 0.1) is 28.1 Å². The Hall–Kier alpha value is -2.52. The maximum Gasteiger partial charge on any atom is 0.251 e. The number of halogens is 4. The Bertz CT molecular complexity index is 1480. The SMILES string of the molecule is Cc1cccc(Nc2ccc3c(cnn3-c3cccc(C(=O)NCCN4CCN(CC5CC5)CC4)c3)c2)c1Cl.Cl.Cl.Cl. The first-order valence-electron chi connectivity index (χ1n) is 13.9. The van der Waals surface area contributed by atoms with Gasteiger partial charge in [-0.3, -0.25) is 9.69 Å². The summed E-state index contributed by atoms with van der Waals surface area (Å²) in [6, 6.07) is 19.7. The summed E-state index contributed by atoms with van der Waals surface area (Å²) in [5, 5.41) is 12.8. The van der Waals surface area contributed by atoms with Crippen molar-refractivity contribution in [1.29, 1.82) is 0 Å². The maximum absolute atomic E-state index is 12.9. The molecule has 6 rings (SSSR count). The first kappa shape index (κ1) is 34.0. The zero-order valence-electron chi connectivity index (χ0n) is 23.6. The van der Waals surface area contributed by atoms with E-state index >= 15 is 0 Å². The van der Waals surface area contributed by atoms with E-state index in [1.54, 1.807) is 0 Å². The second kappa shape index (κ2) is 15.3. The lowest BCUT2D eigenvalue weighted by Gasteiger charge is -2.34. The number of piperazine rings is 1. The van der Waals surface area contributed by atoms with Gasteiger partial charge in [-0.1, -0.05) is 29.8 Å². The number of aromatic nitrogens is 2. The summed E-state index contributed by atoms with van der Waals surface area (Å²) < 4.78 is 1.87. The van der Waals surface area contributed by atoms with Gasteiger partial charge in [-0.05, 0) is 73.7 Å². The molecular formula is C31H38Cl4N6O. The summed E-state index contributed by atoms with van der Waals surface area (Å²) in [4.78, 5) is 18.0. The molecule has 4 aromatic rings. The minimum absolute atomic E-state index is 0. The molecule has 1 aliphatic carbocycles. The number of amides is 1. The molecule has 2 heterocycles. The molecule has 2 N–H and O–H groups in total. The minimum Gasteiger partial charge on any atom is -0.354 e. The van der Waals surface area contributed by atoms with Gasteiger partial charge in [0.1, 0.15) is 0 Å². The van der Waals surface area contributed by atoms with Crippen LogP contribution in [0.4, 0.5) is 11.4 Å². The molecule has 0 bridgehead atoms. The van der Waals surface area contributed by atoms with Crippen molar-refractivity contribution in [3.8, 4) is 5.69 Å². The van der Waals surface area contributed by atoms with Crippen molar-refractivity contribution in [2.45, 2.75) is 19.8 Å². The van der Waals surface area contributed by atoms with Crippen LogP contribution >= 0.6 is 48.8 Å². The van der Waals surface area contributed by atoms with E-state index in [0.29, 0.717) is 12.1 Å². The fourth-order valence-electron chi connectivity index (χ4n) is 5.29. The molecule has 226 valence electrons. The fourth-order valence-corrected chi connectivity index (χ4v) is 5.46. The Morgan fingerprint density at radius 2 is 1.69 bits per heavy atom. The van der Waals surface area contributed by atoms with Crippen LogP contribution in [0.15, 0.2) is 66.9 Å². The average Bonchev–Trinajstić information content (AvgIpc) is 3.67. The lowest BCUT2D eigenvalue weighted by Crippen LogP contribution is -2.48. The minimum atomic E-state index is -0.0535. The maximum atomic E-state index is 12.9. The Kier molecular flexibility index (Phi) is 12.4. The van der Waals surface area contributed by atoms with Gasteiger partial charge in [-0.15, -0.1) is 37.2 Å². The molecule has 42 heavy (non-hydrogen) atoms. The number of hydrogen-bond donors (Lipinski definition) is 2. The number of benzene rings is 3. The van der Waals surface area contributed by atoms with Crippen molar-refractivity contribution in [1.82, 2.24) is 24.9 Å². The second-order valence-electron chi connectivity index (χ2n) is 10.8. The van der Waals surface area contributed by atoms with Crippen LogP contribution in [0.2, 0.25) is 5.02 Å². The van der Waals surface area contributed by atoms with Gasteiger partial charge in [0.15, 0.2) is 0 Å². The van der Waals surface area contributed by atoms with E-state index in [9.17, 15) is 4.79 Å². The molecule has 11 heteroatoms. The monoisotopic (exact) mass is 650 g/mol. The number of anilines is 2. The van der Waals surface area contributed by atoms with Crippen molar-refractivity contribution in [3.63, 3.8) is 0 Å². The highest BCUT2D eigenvalue weighted by molar-refractivity contribution is 6.34. The first-order valence-corrected chi connectivity index (χ1v) is 14.2. The van der Waals surface area contributed by atoms with Crippen LogP contribution in [-0.2, 0) is 0 Å². The fraction of sp³-hybridized carbons (Fsp3) is 0.355. The van der Waals surface area contributed by atoms with Gasteiger partial charge in [-0.25, -0.2) is 4.68 Å². The number of fused-ring (bicyclic) bond motifs is 1. The summed E-state index contributed by atoms with van der Waals surface area (Å²) in [6.45, 7) is 9.25. The van der Waals surface area contributed by atoms with Crippen LogP contribution in [0.5, 0.6) is 0 Å². The Labute approximate surface area is 271 Å². The molecule has 0 spiro atoms. The molecule has 1 aromatic heterocycles. The third-order valence-electron chi connectivity index (χ3n) is 7.78. The molecule has 0 radical (unpaired) electrons. The van der Waals surface area contributed by atoms with Crippen molar-refractivity contribution in [3.05, 3.63) is 83.0 Å². The van der Waals surface area contributed by atoms with Crippen molar-refractivity contribution in [2.75, 3.05) is 51.1 Å². The molecule has 1 saturated heterocycles. The molecule has 1 amide bonds. The molecule has 2 aliphatic rings. The van der Waals surface area contributed by atoms with Gasteiger partial charge in [-0.2, -0.15) is 5.10 Å². The summed E-state index contributed by atoms with van der Waals surface area (Å²) in [7, 11) is 0. The van der Waals surface area contributed by atoms with E-state index in [0.717, 1.165) is 77.2 Å². The highest BCUT2D eigenvalue weighted by atomic mass is 35.5. The molecule has 1 aliphatic heterocycles. The number of carbonyl (C=O) groups excluding carboxylic acids is 1. The highest BCUT2D eigenvalue weighted by Gasteiger charge is 2.26. The lowest BCUT2D eigenvalue weighted by molar-refractivity contribution is 0.0935. The number of aryl methyl sites for hydroxylation is 1. The number of rotatable bonds is 9. The van der Waals surface area contributed by atoms with Gasteiger partial charge in [0.2, 0.25) is 0 Å². The Morgan fingerprint density at radius 1 is 0.952 bits per heavy atom. The van der Waals surface area contributed by atoms with Crippen molar-refractivity contribution < 1.29 is 4.79 Å². The number of carbonyl (C=O) groups is 1. The third kappa shape index (κ3) is 8.10. The molecule has 1 saturated carbocycles. The van der Waals surface area contributed by atoms with Gasteiger partial charge >= 0.3 is 0 Å². The van der Waals surface area contributed by atoms with Crippen LogP contribution in [0.1, 0.15) is 28.8 Å². The molecular weight excluding hydrogens is 614 g/mol. The number of nitrogens with zero attached hydrogens (tertiary/aromatic N) is 4. The van der Waals surface area contributed by atoms with Gasteiger partial charge < -0.3 is 15.5 Å². The topological polar surface area (TPSA) is 65.4 Å². The quantitative estimate of drug-likeness (QED) is 0.210. The smallest absolute Gasteiger partial charge is 0.251 e. The predicted molar refractivity (Wildman–Crippen MR) is 180 cm³/mol. The van der Waals surface area contributed by atoms with E-state index in [1.807, 2.05) is 72.4 Å². The predicted octanol–water partition coefficient (Wildman–Crippen LogP) is 6.75. The van der Waals surface area contributed by atoms with Crippen LogP contribution in [0.3, 0.4) is 0 Å². The Balaban J connectivity index is 0.00000161. The Morgan fingerprint density at radius 3 is 2.45 bits per heavy atom. The summed E-state index contributed by atoms with van der Waals surface area (Å²) in [5.74, 6) is 0.895. The number of nitrogens with one attached hydrogen (secondary N) is 2. The van der Waals surface area contributed by atoms with Crippen molar-refractivity contribution in [2.24, 2.45) is 5.92 Å². The van der Waals surface area contributed by atoms with E-state index in [4.69, 9.17) is 11.6 Å². The molecule has 0 unspecified atom stereocenters. The second-order valence-corrected chi connectivity index (χ2v) is 11.2. The van der Waals surface area contributed by atoms with E-state index < -0.39 is 0 Å². The third-order valence-corrected chi connectivity index (χ3v) is 8.29.